The van der Waals surface area contributed by atoms with Gasteiger partial charge in [0, 0.05) is 13.0 Å². The molecule has 5 nitrogen and oxygen atoms in total. The van der Waals surface area contributed by atoms with Gasteiger partial charge in [-0.2, -0.15) is 0 Å². The number of carboxylic acid groups (broad SMARTS) is 1. The molecule has 0 atom stereocenters. The van der Waals surface area contributed by atoms with Crippen LogP contribution in [-0.2, 0) is 16.1 Å². The normalized spacial score (nSPS) is 15.9. The van der Waals surface area contributed by atoms with Crippen LogP contribution in [0.15, 0.2) is 22.7 Å². The molecule has 0 heterocycles. The molecule has 6 heteroatoms. The van der Waals surface area contributed by atoms with E-state index in [0.717, 1.165) is 22.2 Å². The molecule has 2 rings (SSSR count). The second-order valence-corrected chi connectivity index (χ2v) is 6.22. The number of carbonyl (C=O) groups is 2. The van der Waals surface area contributed by atoms with Crippen LogP contribution in [0.5, 0.6) is 5.75 Å². The summed E-state index contributed by atoms with van der Waals surface area (Å²) in [5.41, 5.74) is 0.0823. The molecule has 0 radical (unpaired) electrons. The van der Waals surface area contributed by atoms with E-state index in [1.54, 1.807) is 7.11 Å². The van der Waals surface area contributed by atoms with E-state index in [2.05, 4.69) is 21.2 Å². The zero-order valence-corrected chi connectivity index (χ0v) is 13.4. The Morgan fingerprint density at radius 3 is 2.62 bits per heavy atom. The minimum atomic E-state index is -0.865. The molecule has 0 aliphatic heterocycles. The Morgan fingerprint density at radius 1 is 1.43 bits per heavy atom. The van der Waals surface area contributed by atoms with Crippen LogP contribution in [0, 0.1) is 5.41 Å². The average Bonchev–Trinajstić information content (AvgIpc) is 2.40. The number of nitrogens with one attached hydrogen (secondary N) is 1. The van der Waals surface area contributed by atoms with Gasteiger partial charge in [0.25, 0.3) is 0 Å². The minimum Gasteiger partial charge on any atom is -0.496 e. The number of rotatable bonds is 6. The van der Waals surface area contributed by atoms with Gasteiger partial charge in [-0.25, -0.2) is 0 Å². The van der Waals surface area contributed by atoms with Crippen molar-refractivity contribution in [1.82, 2.24) is 5.32 Å². The van der Waals surface area contributed by atoms with Crippen molar-refractivity contribution in [3.05, 3.63) is 28.2 Å². The summed E-state index contributed by atoms with van der Waals surface area (Å²) >= 11 is 3.39. The summed E-state index contributed by atoms with van der Waals surface area (Å²) in [6.07, 6.45) is 2.11. The summed E-state index contributed by atoms with van der Waals surface area (Å²) < 4.78 is 5.96. The van der Waals surface area contributed by atoms with Crippen molar-refractivity contribution in [3.63, 3.8) is 0 Å². The van der Waals surface area contributed by atoms with E-state index in [-0.39, 0.29) is 12.3 Å². The van der Waals surface area contributed by atoms with Crippen molar-refractivity contribution in [2.45, 2.75) is 32.2 Å². The molecule has 0 saturated heterocycles. The van der Waals surface area contributed by atoms with Crippen LogP contribution in [0.3, 0.4) is 0 Å². The van der Waals surface area contributed by atoms with Crippen LogP contribution in [0.1, 0.15) is 31.2 Å². The van der Waals surface area contributed by atoms with Crippen LogP contribution < -0.4 is 10.1 Å². The first-order valence-electron chi connectivity index (χ1n) is 6.79. The van der Waals surface area contributed by atoms with Gasteiger partial charge in [0.2, 0.25) is 5.91 Å². The molecule has 1 aliphatic carbocycles. The lowest BCUT2D eigenvalue weighted by Crippen LogP contribution is -2.42. The van der Waals surface area contributed by atoms with Gasteiger partial charge in [0.15, 0.2) is 0 Å². The maximum Gasteiger partial charge on any atom is 0.310 e. The van der Waals surface area contributed by atoms with Crippen molar-refractivity contribution < 1.29 is 19.4 Å². The molecule has 21 heavy (non-hydrogen) atoms. The van der Waals surface area contributed by atoms with Crippen molar-refractivity contribution in [3.8, 4) is 5.75 Å². The molecule has 114 valence electrons. The number of halogens is 1. The number of benzene rings is 1. The molecular formula is C15H18BrNO4. The van der Waals surface area contributed by atoms with Crippen LogP contribution in [0.2, 0.25) is 0 Å². The van der Waals surface area contributed by atoms with E-state index < -0.39 is 11.4 Å². The summed E-state index contributed by atoms with van der Waals surface area (Å²) in [5, 5.41) is 12.0. The Morgan fingerprint density at radius 2 is 2.14 bits per heavy atom. The third-order valence-electron chi connectivity index (χ3n) is 3.97. The monoisotopic (exact) mass is 355 g/mol. The Labute approximate surface area is 131 Å². The first-order valence-corrected chi connectivity index (χ1v) is 7.59. The maximum absolute atomic E-state index is 11.9. The van der Waals surface area contributed by atoms with Gasteiger partial charge in [-0.3, -0.25) is 9.59 Å². The third-order valence-corrected chi connectivity index (χ3v) is 4.59. The summed E-state index contributed by atoms with van der Waals surface area (Å²) in [4.78, 5) is 23.2. The zero-order valence-electron chi connectivity index (χ0n) is 11.8. The van der Waals surface area contributed by atoms with Gasteiger partial charge < -0.3 is 15.2 Å². The van der Waals surface area contributed by atoms with Crippen LogP contribution in [0.25, 0.3) is 0 Å². The quantitative estimate of drug-likeness (QED) is 0.822. The van der Waals surface area contributed by atoms with Gasteiger partial charge in [-0.05, 0) is 46.5 Å². The molecule has 1 aromatic carbocycles. The number of hydrogen-bond donors (Lipinski definition) is 2. The molecule has 1 saturated carbocycles. The predicted octanol–water partition coefficient (Wildman–Crippen LogP) is 2.72. The van der Waals surface area contributed by atoms with Crippen molar-refractivity contribution in [1.29, 1.82) is 0 Å². The van der Waals surface area contributed by atoms with Gasteiger partial charge in [0.1, 0.15) is 5.75 Å². The number of hydrogen-bond acceptors (Lipinski definition) is 3. The van der Waals surface area contributed by atoms with E-state index in [0.29, 0.717) is 19.4 Å². The molecule has 1 aliphatic rings. The lowest BCUT2D eigenvalue weighted by molar-refractivity contribution is -0.157. The predicted molar refractivity (Wildman–Crippen MR) is 81.1 cm³/mol. The molecule has 0 unspecified atom stereocenters. The van der Waals surface area contributed by atoms with Crippen molar-refractivity contribution in [2.24, 2.45) is 5.41 Å². The number of methoxy groups -OCH3 is 1. The lowest BCUT2D eigenvalue weighted by Gasteiger charge is -2.36. The second-order valence-electron chi connectivity index (χ2n) is 5.36. The van der Waals surface area contributed by atoms with Crippen molar-refractivity contribution in [2.75, 3.05) is 7.11 Å². The van der Waals surface area contributed by atoms with Gasteiger partial charge in [0.05, 0.1) is 17.0 Å². The van der Waals surface area contributed by atoms with Gasteiger partial charge >= 0.3 is 5.97 Å². The molecule has 0 spiro atoms. The zero-order chi connectivity index (χ0) is 15.5. The Balaban J connectivity index is 1.89. The topological polar surface area (TPSA) is 75.6 Å². The summed E-state index contributed by atoms with van der Waals surface area (Å²) in [6.45, 7) is 0.372. The summed E-state index contributed by atoms with van der Waals surface area (Å²) in [7, 11) is 1.59. The fraction of sp³-hybridized carbons (Fsp3) is 0.467. The highest BCUT2D eigenvalue weighted by molar-refractivity contribution is 9.10. The third kappa shape index (κ3) is 3.56. The maximum atomic E-state index is 11.9. The van der Waals surface area contributed by atoms with Gasteiger partial charge in [-0.15, -0.1) is 0 Å². The molecule has 1 aromatic rings. The second kappa shape index (κ2) is 6.47. The highest BCUT2D eigenvalue weighted by Gasteiger charge is 2.45. The molecular weight excluding hydrogens is 338 g/mol. The minimum absolute atomic E-state index is 0.0552. The number of ether oxygens (including phenoxy) is 1. The molecule has 0 bridgehead atoms. The Kier molecular flexibility index (Phi) is 4.88. The van der Waals surface area contributed by atoms with E-state index in [4.69, 9.17) is 4.74 Å². The van der Waals surface area contributed by atoms with E-state index in [1.165, 1.54) is 0 Å². The molecule has 1 fully saturated rings. The molecule has 1 amide bonds. The smallest absolute Gasteiger partial charge is 0.310 e. The van der Waals surface area contributed by atoms with Crippen LogP contribution in [-0.4, -0.2) is 24.1 Å². The highest BCUT2D eigenvalue weighted by Crippen LogP contribution is 2.44. The Bertz CT molecular complexity index is 555. The number of carbonyl (C=O) groups excluding carboxylic acids is 1. The summed E-state index contributed by atoms with van der Waals surface area (Å²) in [5.74, 6) is -0.357. The Hall–Kier alpha value is -1.56. The first-order chi connectivity index (χ1) is 9.97. The van der Waals surface area contributed by atoms with Gasteiger partial charge in [-0.1, -0.05) is 12.5 Å². The molecule has 2 N–H and O–H groups in total. The average molecular weight is 356 g/mol. The van der Waals surface area contributed by atoms with E-state index >= 15 is 0 Å². The fourth-order valence-electron chi connectivity index (χ4n) is 2.46. The SMILES string of the molecule is COc1ccc(CNC(=O)CC2(C(=O)O)CCC2)cc1Br. The number of carboxylic acids is 1. The van der Waals surface area contributed by atoms with E-state index in [1.807, 2.05) is 18.2 Å². The van der Waals surface area contributed by atoms with Crippen LogP contribution >= 0.6 is 15.9 Å². The van der Waals surface area contributed by atoms with E-state index in [9.17, 15) is 14.7 Å². The number of amides is 1. The van der Waals surface area contributed by atoms with Crippen molar-refractivity contribution >= 4 is 27.8 Å². The standard InChI is InChI=1S/C15H18BrNO4/c1-21-12-4-3-10(7-11(12)16)9-17-13(18)8-15(14(19)20)5-2-6-15/h3-4,7H,2,5-6,8-9H2,1H3,(H,17,18)(H,19,20). The largest absolute Gasteiger partial charge is 0.496 e. The van der Waals surface area contributed by atoms with Crippen LogP contribution in [0.4, 0.5) is 0 Å². The first kappa shape index (κ1) is 15.8. The summed E-state index contributed by atoms with van der Waals surface area (Å²) in [6, 6.07) is 5.55. The molecule has 0 aromatic heterocycles. The fourth-order valence-corrected chi connectivity index (χ4v) is 3.05. The number of aliphatic carboxylic acids is 1. The lowest BCUT2D eigenvalue weighted by atomic mass is 9.66. The highest BCUT2D eigenvalue weighted by atomic mass is 79.9.